The van der Waals surface area contributed by atoms with Gasteiger partial charge in [0.05, 0.1) is 17.6 Å². The first-order valence-electron chi connectivity index (χ1n) is 5.79. The van der Waals surface area contributed by atoms with E-state index in [2.05, 4.69) is 28.9 Å². The fourth-order valence-electron chi connectivity index (χ4n) is 2.30. The molecule has 0 aliphatic carbocycles. The number of nitrogens with two attached hydrogens (primary N) is 1. The summed E-state index contributed by atoms with van der Waals surface area (Å²) in [4.78, 5) is 8.70. The number of pyridine rings is 1. The van der Waals surface area contributed by atoms with Gasteiger partial charge in [0, 0.05) is 19.3 Å². The zero-order valence-corrected chi connectivity index (χ0v) is 10.1. The molecule has 0 spiro atoms. The summed E-state index contributed by atoms with van der Waals surface area (Å²) in [5, 5.41) is 0. The number of aromatic nitrogens is 1. The first-order valence-corrected chi connectivity index (χ1v) is 5.79. The maximum atomic E-state index is 5.94. The molecule has 1 saturated heterocycles. The van der Waals surface area contributed by atoms with Crippen molar-refractivity contribution < 1.29 is 0 Å². The Hall–Kier alpha value is -1.29. The number of piperidine rings is 1. The van der Waals surface area contributed by atoms with Crippen LogP contribution in [0.25, 0.3) is 0 Å². The fourth-order valence-corrected chi connectivity index (χ4v) is 2.30. The molecule has 4 nitrogen and oxygen atoms in total. The first kappa shape index (κ1) is 11.2. The first-order chi connectivity index (χ1) is 7.68. The second-order valence-corrected chi connectivity index (χ2v) is 4.58. The summed E-state index contributed by atoms with van der Waals surface area (Å²) in [5.41, 5.74) is 7.81. The van der Waals surface area contributed by atoms with Gasteiger partial charge in [-0.15, -0.1) is 0 Å². The van der Waals surface area contributed by atoms with Crippen molar-refractivity contribution in [3.63, 3.8) is 0 Å². The van der Waals surface area contributed by atoms with Gasteiger partial charge >= 0.3 is 0 Å². The molecule has 1 aliphatic rings. The van der Waals surface area contributed by atoms with Crippen molar-refractivity contribution in [3.8, 4) is 0 Å². The average molecular weight is 220 g/mol. The van der Waals surface area contributed by atoms with E-state index in [1.54, 1.807) is 12.4 Å². The standard InChI is InChI=1S/C12H20N4/c1-15-7-4-10(5-8-15)16(2)12-3-6-14-9-11(12)13/h3,6,9-10H,4-5,7-8,13H2,1-2H3. The van der Waals surface area contributed by atoms with Crippen molar-refractivity contribution in [1.29, 1.82) is 0 Å². The molecular formula is C12H20N4. The minimum atomic E-state index is 0.598. The van der Waals surface area contributed by atoms with Crippen molar-refractivity contribution in [1.82, 2.24) is 9.88 Å². The number of hydrogen-bond donors (Lipinski definition) is 1. The Balaban J connectivity index is 2.07. The molecule has 0 saturated carbocycles. The smallest absolute Gasteiger partial charge is 0.0738 e. The lowest BCUT2D eigenvalue weighted by Gasteiger charge is -2.36. The normalized spacial score (nSPS) is 18.6. The highest BCUT2D eigenvalue weighted by molar-refractivity contribution is 5.66. The van der Waals surface area contributed by atoms with Crippen LogP contribution in [0.5, 0.6) is 0 Å². The molecule has 0 radical (unpaired) electrons. The molecule has 2 rings (SSSR count). The van der Waals surface area contributed by atoms with E-state index in [1.807, 2.05) is 6.07 Å². The average Bonchev–Trinajstić information content (AvgIpc) is 2.30. The molecule has 4 heteroatoms. The van der Waals surface area contributed by atoms with Gasteiger partial charge in [0.15, 0.2) is 0 Å². The van der Waals surface area contributed by atoms with E-state index in [9.17, 15) is 0 Å². The zero-order valence-electron chi connectivity index (χ0n) is 10.1. The Morgan fingerprint density at radius 1 is 1.44 bits per heavy atom. The lowest BCUT2D eigenvalue weighted by atomic mass is 10.0. The van der Waals surface area contributed by atoms with Crippen LogP contribution in [0, 0.1) is 0 Å². The van der Waals surface area contributed by atoms with Gasteiger partial charge in [0.25, 0.3) is 0 Å². The Morgan fingerprint density at radius 3 is 2.75 bits per heavy atom. The third-order valence-electron chi connectivity index (χ3n) is 3.44. The van der Waals surface area contributed by atoms with Crippen LogP contribution in [0.15, 0.2) is 18.5 Å². The van der Waals surface area contributed by atoms with Crippen molar-refractivity contribution in [2.45, 2.75) is 18.9 Å². The van der Waals surface area contributed by atoms with Crippen LogP contribution in [0.2, 0.25) is 0 Å². The summed E-state index contributed by atoms with van der Waals surface area (Å²) >= 11 is 0. The van der Waals surface area contributed by atoms with E-state index < -0.39 is 0 Å². The number of hydrogen-bond acceptors (Lipinski definition) is 4. The molecule has 2 heterocycles. The van der Waals surface area contributed by atoms with Crippen molar-refractivity contribution in [2.75, 3.05) is 37.8 Å². The highest BCUT2D eigenvalue weighted by atomic mass is 15.2. The molecule has 0 aromatic carbocycles. The van der Waals surface area contributed by atoms with E-state index >= 15 is 0 Å². The minimum absolute atomic E-state index is 0.598. The number of nitrogen functional groups attached to an aromatic ring is 1. The molecule has 1 fully saturated rings. The lowest BCUT2D eigenvalue weighted by molar-refractivity contribution is 0.253. The van der Waals surface area contributed by atoms with Crippen LogP contribution in [0.1, 0.15) is 12.8 Å². The van der Waals surface area contributed by atoms with E-state index in [0.717, 1.165) is 11.4 Å². The molecule has 1 aromatic heterocycles. The minimum Gasteiger partial charge on any atom is -0.396 e. The number of anilines is 2. The molecule has 1 aromatic rings. The summed E-state index contributed by atoms with van der Waals surface area (Å²) in [6, 6.07) is 2.59. The van der Waals surface area contributed by atoms with Gasteiger partial charge in [-0.3, -0.25) is 4.98 Å². The Bertz CT molecular complexity index is 345. The van der Waals surface area contributed by atoms with Crippen LogP contribution in [-0.4, -0.2) is 43.1 Å². The zero-order chi connectivity index (χ0) is 11.5. The van der Waals surface area contributed by atoms with Gasteiger partial charge in [0.1, 0.15) is 0 Å². The Kier molecular flexibility index (Phi) is 3.29. The Labute approximate surface area is 97.1 Å². The fraction of sp³-hybridized carbons (Fsp3) is 0.583. The van der Waals surface area contributed by atoms with Gasteiger partial charge in [0.2, 0.25) is 0 Å². The molecule has 0 atom stereocenters. The highest BCUT2D eigenvalue weighted by Gasteiger charge is 2.21. The van der Waals surface area contributed by atoms with Crippen molar-refractivity contribution in [2.24, 2.45) is 0 Å². The largest absolute Gasteiger partial charge is 0.396 e. The molecule has 88 valence electrons. The van der Waals surface area contributed by atoms with E-state index in [0.29, 0.717) is 6.04 Å². The van der Waals surface area contributed by atoms with Crippen LogP contribution < -0.4 is 10.6 Å². The van der Waals surface area contributed by atoms with Gasteiger partial charge < -0.3 is 15.5 Å². The molecule has 1 aliphatic heterocycles. The van der Waals surface area contributed by atoms with Crippen molar-refractivity contribution in [3.05, 3.63) is 18.5 Å². The van der Waals surface area contributed by atoms with Crippen LogP contribution in [0.4, 0.5) is 11.4 Å². The quantitative estimate of drug-likeness (QED) is 0.813. The van der Waals surface area contributed by atoms with Crippen LogP contribution in [-0.2, 0) is 0 Å². The van der Waals surface area contributed by atoms with Crippen molar-refractivity contribution >= 4 is 11.4 Å². The second kappa shape index (κ2) is 4.70. The topological polar surface area (TPSA) is 45.4 Å². The number of rotatable bonds is 2. The maximum Gasteiger partial charge on any atom is 0.0738 e. The predicted molar refractivity (Wildman–Crippen MR) is 67.6 cm³/mol. The van der Waals surface area contributed by atoms with Gasteiger partial charge in [-0.2, -0.15) is 0 Å². The maximum absolute atomic E-state index is 5.94. The Morgan fingerprint density at radius 2 is 2.12 bits per heavy atom. The molecule has 0 amide bonds. The summed E-state index contributed by atoms with van der Waals surface area (Å²) < 4.78 is 0. The molecule has 2 N–H and O–H groups in total. The van der Waals surface area contributed by atoms with Gasteiger partial charge in [-0.05, 0) is 39.0 Å². The van der Waals surface area contributed by atoms with Crippen LogP contribution in [0.3, 0.4) is 0 Å². The third-order valence-corrected chi connectivity index (χ3v) is 3.44. The molecular weight excluding hydrogens is 200 g/mol. The predicted octanol–water partition coefficient (Wildman–Crippen LogP) is 1.19. The highest BCUT2D eigenvalue weighted by Crippen LogP contribution is 2.25. The van der Waals surface area contributed by atoms with E-state index in [4.69, 9.17) is 5.73 Å². The van der Waals surface area contributed by atoms with E-state index in [-0.39, 0.29) is 0 Å². The van der Waals surface area contributed by atoms with Gasteiger partial charge in [-0.25, -0.2) is 0 Å². The monoisotopic (exact) mass is 220 g/mol. The number of nitrogens with zero attached hydrogens (tertiary/aromatic N) is 3. The second-order valence-electron chi connectivity index (χ2n) is 4.58. The molecule has 0 unspecified atom stereocenters. The SMILES string of the molecule is CN1CCC(N(C)c2ccncc2N)CC1. The lowest BCUT2D eigenvalue weighted by Crippen LogP contribution is -2.42. The summed E-state index contributed by atoms with van der Waals surface area (Å²) in [5.74, 6) is 0. The summed E-state index contributed by atoms with van der Waals surface area (Å²) in [6.45, 7) is 2.33. The molecule has 0 bridgehead atoms. The number of likely N-dealkylation sites (tertiary alicyclic amines) is 1. The summed E-state index contributed by atoms with van der Waals surface area (Å²) in [6.07, 6.45) is 5.93. The van der Waals surface area contributed by atoms with E-state index in [1.165, 1.54) is 25.9 Å². The summed E-state index contributed by atoms with van der Waals surface area (Å²) in [7, 11) is 4.30. The van der Waals surface area contributed by atoms with Crippen LogP contribution >= 0.6 is 0 Å². The molecule has 16 heavy (non-hydrogen) atoms. The third kappa shape index (κ3) is 2.27. The van der Waals surface area contributed by atoms with Gasteiger partial charge in [-0.1, -0.05) is 0 Å².